The van der Waals surface area contributed by atoms with E-state index < -0.39 is 22.3 Å². The SMILES string of the molecule is CN(C)S(=O)(=O)NC(=O)c1ccc2c(C3CCCCC3)c3n(c2c1)CC(C(=O)N1CCC(N2CCCC(F)C2)CC1)=Cc1ccccc1-3. The predicted molar refractivity (Wildman–Crippen MR) is 187 cm³/mol. The van der Waals surface area contributed by atoms with E-state index >= 15 is 0 Å². The Bertz CT molecular complexity index is 1850. The van der Waals surface area contributed by atoms with E-state index in [0.717, 1.165) is 83.5 Å². The summed E-state index contributed by atoms with van der Waals surface area (Å²) in [6.45, 7) is 3.02. The van der Waals surface area contributed by atoms with E-state index in [4.69, 9.17) is 0 Å². The molecule has 0 radical (unpaired) electrons. The summed E-state index contributed by atoms with van der Waals surface area (Å²) in [4.78, 5) is 31.8. The van der Waals surface area contributed by atoms with E-state index in [0.29, 0.717) is 50.1 Å². The molecule has 2 saturated heterocycles. The zero-order chi connectivity index (χ0) is 33.6. The van der Waals surface area contributed by atoms with Crippen LogP contribution in [0.5, 0.6) is 0 Å². The van der Waals surface area contributed by atoms with Crippen LogP contribution in [-0.4, -0.2) is 91.4 Å². The number of halogens is 1. The van der Waals surface area contributed by atoms with Gasteiger partial charge in [0, 0.05) is 67.4 Å². The van der Waals surface area contributed by atoms with E-state index in [1.54, 1.807) is 12.1 Å². The van der Waals surface area contributed by atoms with Gasteiger partial charge in [-0.05, 0) is 80.3 Å². The first-order chi connectivity index (χ1) is 23.1. The molecule has 1 unspecified atom stereocenters. The van der Waals surface area contributed by atoms with E-state index in [1.165, 1.54) is 26.1 Å². The number of nitrogens with one attached hydrogen (secondary N) is 1. The lowest BCUT2D eigenvalue weighted by Gasteiger charge is -2.41. The summed E-state index contributed by atoms with van der Waals surface area (Å²) in [6.07, 6.45) is 10.1. The van der Waals surface area contributed by atoms with Crippen LogP contribution in [0.15, 0.2) is 48.0 Å². The number of aromatic nitrogens is 1. The third-order valence-corrected chi connectivity index (χ3v) is 12.3. The number of piperidine rings is 2. The maximum atomic E-state index is 14.3. The average molecular weight is 676 g/mol. The van der Waals surface area contributed by atoms with Crippen LogP contribution in [0.25, 0.3) is 28.2 Å². The van der Waals surface area contributed by atoms with Gasteiger partial charge in [0.15, 0.2) is 0 Å². The number of carbonyl (C=O) groups is 2. The van der Waals surface area contributed by atoms with Gasteiger partial charge < -0.3 is 9.47 Å². The van der Waals surface area contributed by atoms with Crippen molar-refractivity contribution in [2.45, 2.75) is 82.5 Å². The zero-order valence-electron chi connectivity index (χ0n) is 28.0. The number of likely N-dealkylation sites (tertiary alicyclic amines) is 2. The lowest BCUT2D eigenvalue weighted by atomic mass is 9.81. The summed E-state index contributed by atoms with van der Waals surface area (Å²) in [7, 11) is -1.22. The molecule has 0 bridgehead atoms. The second-order valence-corrected chi connectivity index (χ2v) is 16.0. The molecule has 256 valence electrons. The predicted octanol–water partition coefficient (Wildman–Crippen LogP) is 5.71. The van der Waals surface area contributed by atoms with Gasteiger partial charge in [-0.25, -0.2) is 9.11 Å². The topological polar surface area (TPSA) is 95.0 Å². The van der Waals surface area contributed by atoms with Crippen LogP contribution < -0.4 is 4.72 Å². The van der Waals surface area contributed by atoms with E-state index in [-0.39, 0.29) is 11.5 Å². The molecule has 1 saturated carbocycles. The normalized spacial score (nSPS) is 21.5. The zero-order valence-corrected chi connectivity index (χ0v) is 28.8. The van der Waals surface area contributed by atoms with Gasteiger partial charge in [0.05, 0.1) is 12.2 Å². The molecular weight excluding hydrogens is 630 g/mol. The molecule has 48 heavy (non-hydrogen) atoms. The number of benzene rings is 2. The molecule has 4 aliphatic rings. The van der Waals surface area contributed by atoms with Gasteiger partial charge in [0.1, 0.15) is 6.17 Å². The van der Waals surface area contributed by atoms with Crippen molar-refractivity contribution in [2.75, 3.05) is 40.3 Å². The fraction of sp³-hybridized carbons (Fsp3) is 0.514. The Morgan fingerprint density at radius 3 is 2.40 bits per heavy atom. The quantitative estimate of drug-likeness (QED) is 0.361. The van der Waals surface area contributed by atoms with Crippen molar-refractivity contribution in [3.8, 4) is 11.3 Å². The van der Waals surface area contributed by atoms with Crippen LogP contribution in [0.4, 0.5) is 4.39 Å². The van der Waals surface area contributed by atoms with E-state index in [9.17, 15) is 22.4 Å². The summed E-state index contributed by atoms with van der Waals surface area (Å²) >= 11 is 0. The molecule has 1 aromatic heterocycles. The smallest absolute Gasteiger partial charge is 0.303 e. The van der Waals surface area contributed by atoms with E-state index in [1.807, 2.05) is 29.2 Å². The van der Waals surface area contributed by atoms with Crippen LogP contribution in [0.2, 0.25) is 0 Å². The fourth-order valence-corrected chi connectivity index (χ4v) is 8.87. The molecule has 3 aliphatic heterocycles. The molecule has 1 N–H and O–H groups in total. The number of carbonyl (C=O) groups excluding carboxylic acids is 2. The van der Waals surface area contributed by atoms with Crippen molar-refractivity contribution in [1.82, 2.24) is 23.4 Å². The summed E-state index contributed by atoms with van der Waals surface area (Å²) in [5.74, 6) is -0.351. The minimum Gasteiger partial charge on any atom is -0.339 e. The first kappa shape index (κ1) is 33.0. The first-order valence-electron chi connectivity index (χ1n) is 17.5. The molecule has 1 aliphatic carbocycles. The molecule has 1 atom stereocenters. The molecule has 3 fully saturated rings. The maximum absolute atomic E-state index is 14.3. The van der Waals surface area contributed by atoms with E-state index in [2.05, 4.69) is 26.3 Å². The number of alkyl halides is 1. The molecule has 7 rings (SSSR count). The largest absolute Gasteiger partial charge is 0.339 e. The number of hydrogen-bond donors (Lipinski definition) is 1. The van der Waals surface area contributed by atoms with Crippen molar-refractivity contribution < 1.29 is 22.4 Å². The maximum Gasteiger partial charge on any atom is 0.303 e. The van der Waals surface area contributed by atoms with Crippen LogP contribution >= 0.6 is 0 Å². The summed E-state index contributed by atoms with van der Waals surface area (Å²) in [6, 6.07) is 14.0. The van der Waals surface area contributed by atoms with Crippen molar-refractivity contribution in [3.05, 3.63) is 64.7 Å². The van der Waals surface area contributed by atoms with Gasteiger partial charge in [0.2, 0.25) is 0 Å². The van der Waals surface area contributed by atoms with Crippen molar-refractivity contribution in [3.63, 3.8) is 0 Å². The van der Waals surface area contributed by atoms with Crippen molar-refractivity contribution in [2.24, 2.45) is 0 Å². The minimum atomic E-state index is -3.97. The summed E-state index contributed by atoms with van der Waals surface area (Å²) < 4.78 is 44.5. The molecule has 2 amide bonds. The van der Waals surface area contributed by atoms with Crippen LogP contribution in [0.1, 0.15) is 85.2 Å². The van der Waals surface area contributed by atoms with Gasteiger partial charge in [-0.1, -0.05) is 49.6 Å². The molecule has 2 aromatic carbocycles. The highest BCUT2D eigenvalue weighted by atomic mass is 32.2. The molecule has 3 aromatic rings. The standard InChI is InChI=1S/C37H46FN5O4S/c1-40(2)48(46,47)39-36(44)27-14-15-32-33(22-27)43-23-28(37(45)41-19-16-30(17-20-41)42-18-8-12-29(38)24-42)21-26-11-6-7-13-31(26)35(43)34(32)25-9-4-3-5-10-25/h6-7,11,13-15,21-22,25,29-30H,3-5,8-10,12,16-20,23-24H2,1-2H3,(H,39,44). The number of rotatable bonds is 6. The third-order valence-electron chi connectivity index (χ3n) is 10.9. The first-order valence-corrected chi connectivity index (χ1v) is 18.9. The Morgan fingerprint density at radius 1 is 0.917 bits per heavy atom. The van der Waals surface area contributed by atoms with Crippen LogP contribution in [0.3, 0.4) is 0 Å². The molecular formula is C37H46FN5O4S. The molecule has 9 nitrogen and oxygen atoms in total. The van der Waals surface area contributed by atoms with Gasteiger partial charge in [-0.2, -0.15) is 12.7 Å². The molecule has 4 heterocycles. The lowest BCUT2D eigenvalue weighted by Crippen LogP contribution is -2.50. The second kappa shape index (κ2) is 13.4. The van der Waals surface area contributed by atoms with Gasteiger partial charge in [0.25, 0.3) is 11.8 Å². The average Bonchev–Trinajstić information content (AvgIpc) is 3.30. The Morgan fingerprint density at radius 2 is 1.67 bits per heavy atom. The highest BCUT2D eigenvalue weighted by molar-refractivity contribution is 7.87. The number of hydrogen-bond acceptors (Lipinski definition) is 5. The minimum absolute atomic E-state index is 0.00477. The van der Waals surface area contributed by atoms with Gasteiger partial charge in [-0.15, -0.1) is 0 Å². The highest BCUT2D eigenvalue weighted by Crippen LogP contribution is 2.46. The molecule has 11 heteroatoms. The number of amides is 2. The Labute approximate surface area is 282 Å². The number of nitrogens with zero attached hydrogens (tertiary/aromatic N) is 4. The monoisotopic (exact) mass is 675 g/mol. The van der Waals surface area contributed by atoms with Crippen LogP contribution in [-0.2, 0) is 21.5 Å². The van der Waals surface area contributed by atoms with Crippen molar-refractivity contribution in [1.29, 1.82) is 0 Å². The van der Waals surface area contributed by atoms with Crippen LogP contribution in [0, 0.1) is 0 Å². The second-order valence-electron chi connectivity index (χ2n) is 14.1. The van der Waals surface area contributed by atoms with Gasteiger partial charge >= 0.3 is 10.2 Å². The number of fused-ring (bicyclic) bond motifs is 5. The summed E-state index contributed by atoms with van der Waals surface area (Å²) in [5, 5.41) is 1.04. The highest BCUT2D eigenvalue weighted by Gasteiger charge is 2.34. The fourth-order valence-electron chi connectivity index (χ4n) is 8.34. The van der Waals surface area contributed by atoms with Crippen molar-refractivity contribution >= 4 is 39.0 Å². The third kappa shape index (κ3) is 6.32. The molecule has 0 spiro atoms. The Kier molecular flexibility index (Phi) is 9.21. The Hall–Kier alpha value is -3.54. The lowest BCUT2D eigenvalue weighted by molar-refractivity contribution is -0.129. The Balaban J connectivity index is 1.27. The van der Waals surface area contributed by atoms with Gasteiger partial charge in [-0.3, -0.25) is 14.5 Å². The summed E-state index contributed by atoms with van der Waals surface area (Å²) in [5.41, 5.74) is 6.12.